The van der Waals surface area contributed by atoms with Gasteiger partial charge in [-0.1, -0.05) is 6.92 Å². The molecule has 0 amide bonds. The Balaban J connectivity index is 2.70. The fraction of sp³-hybridized carbons (Fsp3) is 0.583. The van der Waals surface area contributed by atoms with Crippen molar-refractivity contribution in [2.24, 2.45) is 0 Å². The summed E-state index contributed by atoms with van der Waals surface area (Å²) >= 11 is 0. The fourth-order valence-electron chi connectivity index (χ4n) is 2.15. The summed E-state index contributed by atoms with van der Waals surface area (Å²) < 4.78 is 26.6. The van der Waals surface area contributed by atoms with Crippen LogP contribution in [0.4, 0.5) is 0 Å². The van der Waals surface area contributed by atoms with E-state index in [0.717, 1.165) is 17.8 Å². The first kappa shape index (κ1) is 16.0. The molecule has 2 aromatic heterocycles. The molecule has 0 spiro atoms. The van der Waals surface area contributed by atoms with Crippen molar-refractivity contribution in [1.29, 1.82) is 0 Å². The normalized spacial score (nSPS) is 12.3. The van der Waals surface area contributed by atoms with E-state index in [-0.39, 0.29) is 11.2 Å². The maximum atomic E-state index is 11.6. The Kier molecular flexibility index (Phi) is 4.38. The summed E-state index contributed by atoms with van der Waals surface area (Å²) in [5.74, 6) is 0.457. The third-order valence-electron chi connectivity index (χ3n) is 3.12. The molecular formula is C12H18ClN5O2S. The number of hydrogen-bond donors (Lipinski definition) is 0. The molecule has 0 atom stereocenters. The molecule has 2 rings (SSSR count). The van der Waals surface area contributed by atoms with Gasteiger partial charge in [-0.15, -0.1) is 10.2 Å². The Morgan fingerprint density at radius 3 is 2.43 bits per heavy atom. The van der Waals surface area contributed by atoms with Crippen LogP contribution in [0.15, 0.2) is 11.2 Å². The van der Waals surface area contributed by atoms with E-state index >= 15 is 0 Å². The maximum Gasteiger partial charge on any atom is 0.296 e. The van der Waals surface area contributed by atoms with Crippen LogP contribution in [0.1, 0.15) is 39.4 Å². The molecule has 0 aliphatic heterocycles. The highest BCUT2D eigenvalue weighted by Crippen LogP contribution is 2.27. The molecule has 0 saturated carbocycles. The average molecular weight is 332 g/mol. The van der Waals surface area contributed by atoms with Gasteiger partial charge in [-0.3, -0.25) is 9.25 Å². The highest BCUT2D eigenvalue weighted by atomic mass is 35.7. The predicted molar refractivity (Wildman–Crippen MR) is 79.7 cm³/mol. The van der Waals surface area contributed by atoms with Crippen LogP contribution in [0.25, 0.3) is 11.5 Å². The molecule has 0 N–H and O–H groups in total. The van der Waals surface area contributed by atoms with E-state index in [0.29, 0.717) is 12.4 Å². The molecule has 9 heteroatoms. The van der Waals surface area contributed by atoms with Crippen LogP contribution in [0.2, 0.25) is 0 Å². The van der Waals surface area contributed by atoms with E-state index in [1.165, 1.54) is 4.57 Å². The van der Waals surface area contributed by atoms with Crippen LogP contribution < -0.4 is 0 Å². The molecule has 2 aromatic rings. The average Bonchev–Trinajstić information content (AvgIpc) is 3.00. The molecule has 0 aliphatic rings. The Labute approximate surface area is 128 Å². The van der Waals surface area contributed by atoms with E-state index in [2.05, 4.69) is 15.3 Å². The zero-order valence-corrected chi connectivity index (χ0v) is 14.0. The van der Waals surface area contributed by atoms with Gasteiger partial charge in [-0.2, -0.15) is 5.10 Å². The van der Waals surface area contributed by atoms with Gasteiger partial charge >= 0.3 is 0 Å². The van der Waals surface area contributed by atoms with Gasteiger partial charge in [0.15, 0.2) is 5.82 Å². The van der Waals surface area contributed by atoms with Crippen molar-refractivity contribution in [3.8, 4) is 11.5 Å². The number of hydrogen-bond acceptors (Lipinski definition) is 5. The van der Waals surface area contributed by atoms with Gasteiger partial charge < -0.3 is 0 Å². The zero-order chi connectivity index (χ0) is 15.8. The molecule has 116 valence electrons. The lowest BCUT2D eigenvalue weighted by Gasteiger charge is -2.12. The molecule has 7 nitrogen and oxygen atoms in total. The fourth-order valence-corrected chi connectivity index (χ4v) is 3.13. The van der Waals surface area contributed by atoms with Crippen molar-refractivity contribution in [2.75, 3.05) is 0 Å². The molecule has 0 radical (unpaired) electrons. The van der Waals surface area contributed by atoms with Gasteiger partial charge in [0.2, 0.25) is 0 Å². The summed E-state index contributed by atoms with van der Waals surface area (Å²) in [7, 11) is 1.49. The Morgan fingerprint density at radius 1 is 1.29 bits per heavy atom. The van der Waals surface area contributed by atoms with E-state index < -0.39 is 9.05 Å². The molecular weight excluding hydrogens is 314 g/mol. The SMILES string of the molecule is CCc1cc(-c2nnc(S(=O)(=O)Cl)n2C(C)C)n(CC)n1. The molecule has 21 heavy (non-hydrogen) atoms. The molecule has 0 unspecified atom stereocenters. The number of aromatic nitrogens is 5. The third kappa shape index (κ3) is 2.96. The van der Waals surface area contributed by atoms with E-state index in [1.54, 1.807) is 4.68 Å². The highest BCUT2D eigenvalue weighted by molar-refractivity contribution is 8.13. The van der Waals surface area contributed by atoms with E-state index in [1.807, 2.05) is 33.8 Å². The predicted octanol–water partition coefficient (Wildman–Crippen LogP) is 2.23. The molecule has 0 bridgehead atoms. The van der Waals surface area contributed by atoms with Gasteiger partial charge in [0.25, 0.3) is 14.2 Å². The molecule has 0 aromatic carbocycles. The van der Waals surface area contributed by atoms with Crippen LogP contribution in [0.5, 0.6) is 0 Å². The number of aryl methyl sites for hydroxylation is 2. The van der Waals surface area contributed by atoms with Gasteiger partial charge in [0, 0.05) is 23.3 Å². The Hall–Kier alpha value is -1.41. The van der Waals surface area contributed by atoms with Crippen LogP contribution in [0, 0.1) is 0 Å². The van der Waals surface area contributed by atoms with Crippen molar-refractivity contribution in [3.63, 3.8) is 0 Å². The van der Waals surface area contributed by atoms with Crippen LogP contribution >= 0.6 is 10.7 Å². The lowest BCUT2D eigenvalue weighted by atomic mass is 10.3. The number of nitrogens with zero attached hydrogens (tertiary/aromatic N) is 5. The van der Waals surface area contributed by atoms with Gasteiger partial charge in [-0.25, -0.2) is 8.42 Å². The summed E-state index contributed by atoms with van der Waals surface area (Å²) in [6, 6.07) is 1.75. The summed E-state index contributed by atoms with van der Waals surface area (Å²) in [5.41, 5.74) is 1.66. The second kappa shape index (κ2) is 5.76. The van der Waals surface area contributed by atoms with Gasteiger partial charge in [-0.05, 0) is 33.3 Å². The van der Waals surface area contributed by atoms with Gasteiger partial charge in [0.1, 0.15) is 5.69 Å². The van der Waals surface area contributed by atoms with Crippen molar-refractivity contribution >= 4 is 19.7 Å². The molecule has 0 aliphatic carbocycles. The van der Waals surface area contributed by atoms with Gasteiger partial charge in [0.05, 0.1) is 5.69 Å². The lowest BCUT2D eigenvalue weighted by molar-refractivity contribution is 0.527. The molecule has 0 saturated heterocycles. The molecule has 0 fully saturated rings. The smallest absolute Gasteiger partial charge is 0.293 e. The minimum absolute atomic E-state index is 0.149. The standard InChI is InChI=1S/C12H18ClN5O2S/c1-5-9-7-10(17(6-2)16-9)11-14-15-12(21(13,19)20)18(11)8(3)4/h7-8H,5-6H2,1-4H3. The number of rotatable bonds is 5. The summed E-state index contributed by atoms with van der Waals surface area (Å²) in [4.78, 5) is 0. The summed E-state index contributed by atoms with van der Waals surface area (Å²) in [5, 5.41) is 12.0. The Morgan fingerprint density at radius 2 is 1.95 bits per heavy atom. The highest BCUT2D eigenvalue weighted by Gasteiger charge is 2.26. The number of halogens is 1. The van der Waals surface area contributed by atoms with Crippen molar-refractivity contribution in [1.82, 2.24) is 24.5 Å². The first-order valence-corrected chi connectivity index (χ1v) is 9.07. The lowest BCUT2D eigenvalue weighted by Crippen LogP contribution is -2.11. The van der Waals surface area contributed by atoms with Crippen molar-refractivity contribution in [2.45, 2.75) is 51.9 Å². The first-order chi connectivity index (χ1) is 9.79. The summed E-state index contributed by atoms with van der Waals surface area (Å²) in [6.45, 7) is 8.33. The van der Waals surface area contributed by atoms with Crippen LogP contribution in [-0.2, 0) is 22.0 Å². The second-order valence-electron chi connectivity index (χ2n) is 4.90. The van der Waals surface area contributed by atoms with Crippen molar-refractivity contribution < 1.29 is 8.42 Å². The third-order valence-corrected chi connectivity index (χ3v) is 4.25. The topological polar surface area (TPSA) is 82.7 Å². The quantitative estimate of drug-likeness (QED) is 0.784. The first-order valence-electron chi connectivity index (χ1n) is 6.76. The minimum atomic E-state index is -3.95. The van der Waals surface area contributed by atoms with Crippen molar-refractivity contribution in [3.05, 3.63) is 11.8 Å². The summed E-state index contributed by atoms with van der Waals surface area (Å²) in [6.07, 6.45) is 0.788. The van der Waals surface area contributed by atoms with E-state index in [4.69, 9.17) is 10.7 Å². The van der Waals surface area contributed by atoms with E-state index in [9.17, 15) is 8.42 Å². The largest absolute Gasteiger partial charge is 0.296 e. The zero-order valence-electron chi connectivity index (χ0n) is 12.4. The van der Waals surface area contributed by atoms with Crippen LogP contribution in [-0.4, -0.2) is 33.0 Å². The Bertz CT molecular complexity index is 748. The minimum Gasteiger partial charge on any atom is -0.293 e. The van der Waals surface area contributed by atoms with Crippen LogP contribution in [0.3, 0.4) is 0 Å². The maximum absolute atomic E-state index is 11.6. The second-order valence-corrected chi connectivity index (χ2v) is 7.36. The molecule has 2 heterocycles. The monoisotopic (exact) mass is 331 g/mol.